The van der Waals surface area contributed by atoms with Gasteiger partial charge >= 0.3 is 12.4 Å². The van der Waals surface area contributed by atoms with E-state index < -0.39 is 30.3 Å². The predicted molar refractivity (Wildman–Crippen MR) is 123 cm³/mol. The topological polar surface area (TPSA) is 153 Å². The fourth-order valence-electron chi connectivity index (χ4n) is 3.17. The highest BCUT2D eigenvalue weighted by molar-refractivity contribution is 6.30. The van der Waals surface area contributed by atoms with Gasteiger partial charge in [0.05, 0.1) is 23.3 Å². The smallest absolute Gasteiger partial charge is 0.430 e. The molecule has 4 rings (SSSR count). The van der Waals surface area contributed by atoms with Crippen molar-refractivity contribution in [1.82, 2.24) is 19.7 Å². The van der Waals surface area contributed by atoms with Crippen LogP contribution in [0.4, 0.5) is 30.7 Å². The van der Waals surface area contributed by atoms with Crippen LogP contribution in [0.2, 0.25) is 5.02 Å². The van der Waals surface area contributed by atoms with Crippen LogP contribution in [0.25, 0.3) is 22.2 Å². The van der Waals surface area contributed by atoms with Crippen LogP contribution in [0, 0.1) is 5.82 Å². The van der Waals surface area contributed by atoms with Crippen molar-refractivity contribution in [3.05, 3.63) is 71.0 Å². The van der Waals surface area contributed by atoms with Crippen LogP contribution in [0.3, 0.4) is 0 Å². The molecule has 1 atom stereocenters. The number of hydrogen-bond donors (Lipinski definition) is 2. The number of aromatic nitrogens is 4. The minimum atomic E-state index is -5.19. The summed E-state index contributed by atoms with van der Waals surface area (Å²) in [5.41, 5.74) is 9.93. The summed E-state index contributed by atoms with van der Waals surface area (Å²) in [4.78, 5) is 22.2. The molecule has 0 radical (unpaired) electrons. The van der Waals surface area contributed by atoms with Crippen LogP contribution in [0.15, 0.2) is 48.8 Å². The number of carboxylic acids is 2. The number of nitrogens with zero attached hydrogens (tertiary/aromatic N) is 3. The molecule has 0 saturated heterocycles. The lowest BCUT2D eigenvalue weighted by Crippen LogP contribution is -2.37. The Kier molecular flexibility index (Phi) is 10.2. The van der Waals surface area contributed by atoms with Crippen LogP contribution in [0.1, 0.15) is 24.4 Å². The molecule has 4 aromatic rings. The molecular weight excluding hydrogens is 579 g/mol. The van der Waals surface area contributed by atoms with Crippen molar-refractivity contribution in [2.75, 3.05) is 0 Å². The van der Waals surface area contributed by atoms with E-state index in [1.807, 2.05) is 23.6 Å². The number of aryl methyl sites for hydroxylation is 1. The third-order valence-corrected chi connectivity index (χ3v) is 5.21. The van der Waals surface area contributed by atoms with Gasteiger partial charge in [0.2, 0.25) is 0 Å². The molecule has 2 aromatic heterocycles. The molecule has 3 N–H and O–H groups in total. The Balaban J connectivity index is 0.000000333. The van der Waals surface area contributed by atoms with Crippen LogP contribution < -0.4 is 15.9 Å². The molecule has 0 aliphatic carbocycles. The first-order valence-electron chi connectivity index (χ1n) is 10.7. The van der Waals surface area contributed by atoms with Crippen molar-refractivity contribution in [3.8, 4) is 11.1 Å². The fourth-order valence-corrected chi connectivity index (χ4v) is 3.30. The largest absolute Gasteiger partial charge is 0.542 e. The standard InChI is InChI=1S/C19H17ClFN5.2C2HF3O2/c1-2-26-17-7-14(12-9-23-24-10-12)15(21)8-16(17)25-19(26)18(22)11-3-5-13(20)6-4-11;2*3-2(4,5)1(6)7/h3-10,18H,2,22H2,1H3,(H,23,24);2*(H,6,7)/p-2. The Bertz CT molecular complexity index is 1430. The lowest BCUT2D eigenvalue weighted by Gasteiger charge is -2.14. The number of carboxylic acid groups (broad SMARTS) is 2. The van der Waals surface area contributed by atoms with E-state index >= 15 is 0 Å². The number of H-pyrrole nitrogens is 1. The van der Waals surface area contributed by atoms with Gasteiger partial charge in [0.25, 0.3) is 0 Å². The number of hydrogen-bond acceptors (Lipinski definition) is 7. The van der Waals surface area contributed by atoms with Gasteiger partial charge in [-0.15, -0.1) is 0 Å². The summed E-state index contributed by atoms with van der Waals surface area (Å²) >= 11 is 5.96. The van der Waals surface area contributed by atoms with Gasteiger partial charge in [0.1, 0.15) is 23.6 Å². The van der Waals surface area contributed by atoms with Crippen LogP contribution in [-0.2, 0) is 16.1 Å². The van der Waals surface area contributed by atoms with Gasteiger partial charge in [0.15, 0.2) is 0 Å². The van der Waals surface area contributed by atoms with Gasteiger partial charge < -0.3 is 30.1 Å². The van der Waals surface area contributed by atoms with Gasteiger partial charge in [-0.3, -0.25) is 5.10 Å². The lowest BCUT2D eigenvalue weighted by atomic mass is 10.1. The molecule has 216 valence electrons. The average molecular weight is 596 g/mol. The maximum absolute atomic E-state index is 14.6. The van der Waals surface area contributed by atoms with Crippen molar-refractivity contribution in [1.29, 1.82) is 0 Å². The normalized spacial score (nSPS) is 12.2. The number of halogens is 8. The van der Waals surface area contributed by atoms with Crippen molar-refractivity contribution < 1.29 is 50.5 Å². The molecule has 2 aromatic carbocycles. The highest BCUT2D eigenvalue weighted by Gasteiger charge is 2.29. The summed E-state index contributed by atoms with van der Waals surface area (Å²) in [6, 6.07) is 10.2. The third kappa shape index (κ3) is 8.16. The maximum Gasteiger partial charge on any atom is 0.430 e. The van der Waals surface area contributed by atoms with E-state index in [1.165, 1.54) is 6.07 Å². The predicted octanol–water partition coefficient (Wildman–Crippen LogP) is 2.88. The summed E-state index contributed by atoms with van der Waals surface area (Å²) < 4.78 is 79.7. The molecular formula is C23H17ClF7N5O4-2. The second kappa shape index (κ2) is 12.8. The molecule has 0 saturated carbocycles. The van der Waals surface area contributed by atoms with E-state index in [-0.39, 0.29) is 5.82 Å². The molecule has 2 heterocycles. The second-order valence-corrected chi connectivity index (χ2v) is 8.06. The minimum absolute atomic E-state index is 0.341. The highest BCUT2D eigenvalue weighted by atomic mass is 35.5. The summed E-state index contributed by atoms with van der Waals surface area (Å²) in [6.45, 7) is 2.68. The van der Waals surface area contributed by atoms with Crippen molar-refractivity contribution in [2.45, 2.75) is 31.9 Å². The number of fused-ring (bicyclic) bond motifs is 1. The van der Waals surface area contributed by atoms with Gasteiger partial charge in [0, 0.05) is 35.0 Å². The molecule has 0 aliphatic rings. The number of carbonyl (C=O) groups excluding carboxylic acids is 2. The third-order valence-electron chi connectivity index (χ3n) is 4.96. The molecule has 40 heavy (non-hydrogen) atoms. The zero-order chi connectivity index (χ0) is 30.4. The number of benzene rings is 2. The van der Waals surface area contributed by atoms with Crippen molar-refractivity contribution in [3.63, 3.8) is 0 Å². The Morgan fingerprint density at radius 1 is 1.05 bits per heavy atom. The fraction of sp³-hybridized carbons (Fsp3) is 0.217. The van der Waals surface area contributed by atoms with Crippen LogP contribution in [0.5, 0.6) is 0 Å². The zero-order valence-electron chi connectivity index (χ0n) is 20.0. The Morgan fingerprint density at radius 3 is 2.00 bits per heavy atom. The van der Waals surface area contributed by atoms with Gasteiger partial charge in [-0.05, 0) is 30.7 Å². The maximum atomic E-state index is 14.6. The first-order valence-corrected chi connectivity index (χ1v) is 11.1. The molecule has 0 fully saturated rings. The monoisotopic (exact) mass is 595 g/mol. The van der Waals surface area contributed by atoms with Gasteiger partial charge in [-0.2, -0.15) is 31.4 Å². The highest BCUT2D eigenvalue weighted by Crippen LogP contribution is 2.30. The Hall–Kier alpha value is -4.18. The number of rotatable bonds is 4. The van der Waals surface area contributed by atoms with Crippen molar-refractivity contribution >= 4 is 34.6 Å². The zero-order valence-corrected chi connectivity index (χ0v) is 20.7. The number of imidazole rings is 1. The average Bonchev–Trinajstić information content (AvgIpc) is 3.51. The van der Waals surface area contributed by atoms with E-state index in [9.17, 15) is 30.7 Å². The van der Waals surface area contributed by atoms with E-state index in [2.05, 4.69) is 15.2 Å². The quantitative estimate of drug-likeness (QED) is 0.344. The molecule has 0 bridgehead atoms. The molecule has 0 spiro atoms. The van der Waals surface area contributed by atoms with Crippen molar-refractivity contribution in [2.24, 2.45) is 5.73 Å². The van der Waals surface area contributed by atoms with E-state index in [0.29, 0.717) is 34.0 Å². The molecule has 0 aliphatic heterocycles. The first kappa shape index (κ1) is 32.0. The summed E-state index contributed by atoms with van der Waals surface area (Å²) in [6.07, 6.45) is -7.13. The molecule has 17 heteroatoms. The first-order chi connectivity index (χ1) is 18.5. The summed E-state index contributed by atoms with van der Waals surface area (Å²) in [5, 5.41) is 24.8. The summed E-state index contributed by atoms with van der Waals surface area (Å²) in [7, 11) is 0. The van der Waals surface area contributed by atoms with E-state index in [4.69, 9.17) is 37.1 Å². The second-order valence-electron chi connectivity index (χ2n) is 7.62. The summed E-state index contributed by atoms with van der Waals surface area (Å²) in [5.74, 6) is -5.67. The number of carbonyl (C=O) groups is 2. The SMILES string of the molecule is CCn1c(C(N)c2ccc(Cl)cc2)nc2cc(F)c(-c3cn[nH]c3)cc21.O=C([O-])C(F)(F)F.O=C([O-])C(F)(F)F. The number of aromatic amines is 1. The van der Waals surface area contributed by atoms with E-state index in [1.54, 1.807) is 30.6 Å². The van der Waals surface area contributed by atoms with Gasteiger partial charge in [-0.25, -0.2) is 9.37 Å². The van der Waals surface area contributed by atoms with E-state index in [0.717, 1.165) is 11.1 Å². The van der Waals surface area contributed by atoms with Crippen LogP contribution in [-0.4, -0.2) is 44.0 Å². The number of nitrogens with two attached hydrogens (primary N) is 1. The molecule has 0 amide bonds. The van der Waals surface area contributed by atoms with Crippen LogP contribution >= 0.6 is 11.6 Å². The molecule has 9 nitrogen and oxygen atoms in total. The number of nitrogens with one attached hydrogen (secondary N) is 1. The molecule has 1 unspecified atom stereocenters. The number of aliphatic carboxylic acids is 2. The minimum Gasteiger partial charge on any atom is -0.542 e. The Labute approximate surface area is 225 Å². The number of alkyl halides is 6. The van der Waals surface area contributed by atoms with Gasteiger partial charge in [-0.1, -0.05) is 23.7 Å². The Morgan fingerprint density at radius 2 is 1.57 bits per heavy atom. The lowest BCUT2D eigenvalue weighted by molar-refractivity contribution is -0.344.